The van der Waals surface area contributed by atoms with Gasteiger partial charge in [0.15, 0.2) is 0 Å². The van der Waals surface area contributed by atoms with E-state index in [0.29, 0.717) is 0 Å². The third-order valence-corrected chi connectivity index (χ3v) is 6.19. The van der Waals surface area contributed by atoms with E-state index in [0.717, 1.165) is 36.9 Å². The van der Waals surface area contributed by atoms with Gasteiger partial charge in [0.05, 0.1) is 10.7 Å². The normalized spacial score (nSPS) is 10.3. The van der Waals surface area contributed by atoms with Gasteiger partial charge in [-0.3, -0.25) is 9.98 Å². The largest absolute Gasteiger partial charge is 0.354 e. The molecule has 2 aromatic rings. The fourth-order valence-corrected chi connectivity index (χ4v) is 4.02. The van der Waals surface area contributed by atoms with Gasteiger partial charge in [-0.1, -0.05) is 71.6 Å². The average Bonchev–Trinajstić information content (AvgIpc) is 2.85. The Morgan fingerprint density at radius 2 is 0.829 bits per heavy atom. The van der Waals surface area contributed by atoms with Gasteiger partial charge in [-0.2, -0.15) is 0 Å². The number of aromatic nitrogens is 2. The van der Waals surface area contributed by atoms with Crippen LogP contribution in [0.3, 0.4) is 0 Å². The standard InChI is InChI=1S/C29H48N4.2BrH/c1-3-5-7-12-20-30-28-16-24-32(25-17-28)22-14-10-9-11-15-23-33-26-18-29(19-27-33)31-21-13-8-6-4-2;;/h16-19,24-27H,3-15,20-23H2,1-2H3;2*1H. The molecule has 0 saturated heterocycles. The molecule has 2 heterocycles. The van der Waals surface area contributed by atoms with Crippen LogP contribution in [0, 0.1) is 0 Å². The first-order valence-corrected chi connectivity index (χ1v) is 13.6. The summed E-state index contributed by atoms with van der Waals surface area (Å²) in [5.74, 6) is 0. The van der Waals surface area contributed by atoms with E-state index in [2.05, 4.69) is 82.0 Å². The molecule has 0 bridgehead atoms. The summed E-state index contributed by atoms with van der Waals surface area (Å²) in [6.07, 6.45) is 25.4. The van der Waals surface area contributed by atoms with E-state index in [1.165, 1.54) is 83.5 Å². The zero-order valence-electron chi connectivity index (χ0n) is 22.2. The van der Waals surface area contributed by atoms with E-state index in [-0.39, 0.29) is 34.0 Å². The van der Waals surface area contributed by atoms with Gasteiger partial charge in [0.1, 0.15) is 0 Å². The highest BCUT2D eigenvalue weighted by Crippen LogP contribution is 2.06. The van der Waals surface area contributed by atoms with Gasteiger partial charge >= 0.3 is 0 Å². The van der Waals surface area contributed by atoms with Crippen LogP contribution in [0.1, 0.15) is 97.3 Å². The molecule has 2 aromatic heterocycles. The maximum atomic E-state index is 4.68. The number of hydrogen-bond acceptors (Lipinski definition) is 2. The van der Waals surface area contributed by atoms with Crippen LogP contribution in [0.15, 0.2) is 59.0 Å². The van der Waals surface area contributed by atoms with Crippen molar-refractivity contribution in [2.75, 3.05) is 13.1 Å². The molecule has 0 N–H and O–H groups in total. The fourth-order valence-electron chi connectivity index (χ4n) is 4.02. The van der Waals surface area contributed by atoms with Gasteiger partial charge in [-0.25, -0.2) is 0 Å². The van der Waals surface area contributed by atoms with Crippen molar-refractivity contribution in [3.05, 3.63) is 59.8 Å². The second-order valence-corrected chi connectivity index (χ2v) is 9.24. The SMILES string of the molecule is Br.Br.CCCCCCN=c1ccn(CCCCCCCn2ccc(=NCCCCCC)cc2)cc1. The van der Waals surface area contributed by atoms with Crippen molar-refractivity contribution in [3.8, 4) is 0 Å². The first-order valence-electron chi connectivity index (χ1n) is 13.6. The summed E-state index contributed by atoms with van der Waals surface area (Å²) in [5, 5.41) is 2.24. The van der Waals surface area contributed by atoms with Crippen LogP contribution < -0.4 is 10.7 Å². The van der Waals surface area contributed by atoms with E-state index >= 15 is 0 Å². The Labute approximate surface area is 235 Å². The number of rotatable bonds is 18. The molecule has 6 heteroatoms. The monoisotopic (exact) mass is 612 g/mol. The number of nitrogens with zero attached hydrogens (tertiary/aromatic N) is 4. The van der Waals surface area contributed by atoms with Gasteiger partial charge < -0.3 is 9.13 Å². The molecule has 0 aliphatic heterocycles. The minimum Gasteiger partial charge on any atom is -0.354 e. The molecule has 0 aliphatic rings. The van der Waals surface area contributed by atoms with Gasteiger partial charge in [0.2, 0.25) is 0 Å². The lowest BCUT2D eigenvalue weighted by Crippen LogP contribution is -2.07. The summed E-state index contributed by atoms with van der Waals surface area (Å²) in [6, 6.07) is 8.62. The number of unbranched alkanes of at least 4 members (excludes halogenated alkanes) is 10. The highest BCUT2D eigenvalue weighted by molar-refractivity contribution is 8.93. The zero-order valence-corrected chi connectivity index (χ0v) is 25.7. The summed E-state index contributed by atoms with van der Waals surface area (Å²) in [7, 11) is 0. The third-order valence-electron chi connectivity index (χ3n) is 6.19. The van der Waals surface area contributed by atoms with Crippen LogP contribution in [0.25, 0.3) is 0 Å². The van der Waals surface area contributed by atoms with Crippen molar-refractivity contribution in [2.45, 2.75) is 110 Å². The van der Waals surface area contributed by atoms with Crippen LogP contribution in [0.4, 0.5) is 0 Å². The first kappa shape index (κ1) is 33.9. The summed E-state index contributed by atoms with van der Waals surface area (Å²) >= 11 is 0. The summed E-state index contributed by atoms with van der Waals surface area (Å²) in [6.45, 7) is 8.63. The van der Waals surface area contributed by atoms with Gasteiger partial charge in [-0.05, 0) is 49.9 Å². The molecule has 35 heavy (non-hydrogen) atoms. The summed E-state index contributed by atoms with van der Waals surface area (Å²) in [4.78, 5) is 9.36. The van der Waals surface area contributed by atoms with Crippen LogP contribution in [0.2, 0.25) is 0 Å². The van der Waals surface area contributed by atoms with Crippen LogP contribution >= 0.6 is 34.0 Å². The summed E-state index contributed by atoms with van der Waals surface area (Å²) < 4.78 is 4.59. The molecule has 0 amide bonds. The van der Waals surface area contributed by atoms with E-state index in [9.17, 15) is 0 Å². The third kappa shape index (κ3) is 17.0. The van der Waals surface area contributed by atoms with Crippen molar-refractivity contribution < 1.29 is 0 Å². The topological polar surface area (TPSA) is 34.6 Å². The number of pyridine rings is 2. The van der Waals surface area contributed by atoms with Crippen molar-refractivity contribution in [1.29, 1.82) is 0 Å². The molecule has 0 spiro atoms. The second-order valence-electron chi connectivity index (χ2n) is 9.24. The number of hydrogen-bond donors (Lipinski definition) is 0. The lowest BCUT2D eigenvalue weighted by molar-refractivity contribution is 0.533. The predicted molar refractivity (Wildman–Crippen MR) is 162 cm³/mol. The molecular formula is C29H50Br2N4. The Morgan fingerprint density at radius 3 is 1.20 bits per heavy atom. The highest BCUT2D eigenvalue weighted by atomic mass is 79.9. The average molecular weight is 615 g/mol. The minimum atomic E-state index is 0. The molecule has 2 rings (SSSR count). The molecule has 200 valence electrons. The van der Waals surface area contributed by atoms with Crippen molar-refractivity contribution >= 4 is 34.0 Å². The molecule has 0 aromatic carbocycles. The lowest BCUT2D eigenvalue weighted by atomic mass is 10.1. The number of halogens is 2. The van der Waals surface area contributed by atoms with E-state index in [4.69, 9.17) is 0 Å². The maximum absolute atomic E-state index is 4.68. The van der Waals surface area contributed by atoms with Gasteiger partial charge in [0.25, 0.3) is 0 Å². The molecule has 0 saturated carbocycles. The van der Waals surface area contributed by atoms with Crippen molar-refractivity contribution in [2.24, 2.45) is 9.98 Å². The van der Waals surface area contributed by atoms with Gasteiger partial charge in [-0.15, -0.1) is 34.0 Å². The second kappa shape index (κ2) is 23.3. The zero-order chi connectivity index (χ0) is 23.4. The first-order chi connectivity index (χ1) is 16.3. The predicted octanol–water partition coefficient (Wildman–Crippen LogP) is 8.06. The molecule has 0 fully saturated rings. The Hall–Kier alpha value is -1.14. The van der Waals surface area contributed by atoms with Crippen LogP contribution in [-0.2, 0) is 13.1 Å². The maximum Gasteiger partial charge on any atom is 0.0603 e. The van der Waals surface area contributed by atoms with E-state index in [1.54, 1.807) is 0 Å². The van der Waals surface area contributed by atoms with E-state index < -0.39 is 0 Å². The van der Waals surface area contributed by atoms with Crippen LogP contribution in [-0.4, -0.2) is 22.2 Å². The molecule has 0 aliphatic carbocycles. The Morgan fingerprint density at radius 1 is 0.486 bits per heavy atom. The molecule has 0 atom stereocenters. The van der Waals surface area contributed by atoms with E-state index in [1.807, 2.05) is 0 Å². The molecule has 0 radical (unpaired) electrons. The lowest BCUT2D eigenvalue weighted by Gasteiger charge is -2.07. The quantitative estimate of drug-likeness (QED) is 0.152. The Balaban J connectivity index is 0.00000578. The van der Waals surface area contributed by atoms with Crippen LogP contribution in [0.5, 0.6) is 0 Å². The minimum absolute atomic E-state index is 0. The number of aryl methyl sites for hydroxylation is 2. The molecule has 0 unspecified atom stereocenters. The molecule has 4 nitrogen and oxygen atoms in total. The van der Waals surface area contributed by atoms with Crippen molar-refractivity contribution in [3.63, 3.8) is 0 Å². The van der Waals surface area contributed by atoms with Gasteiger partial charge in [0, 0.05) is 51.0 Å². The Kier molecular flexibility index (Phi) is 22.5. The fraction of sp³-hybridized carbons (Fsp3) is 0.655. The highest BCUT2D eigenvalue weighted by Gasteiger charge is 1.94. The molecular weight excluding hydrogens is 564 g/mol. The Bertz CT molecular complexity index is 761. The smallest absolute Gasteiger partial charge is 0.0603 e. The van der Waals surface area contributed by atoms with Crippen molar-refractivity contribution in [1.82, 2.24) is 9.13 Å². The summed E-state index contributed by atoms with van der Waals surface area (Å²) in [5.41, 5.74) is 0.